The van der Waals surface area contributed by atoms with E-state index in [1.54, 1.807) is 11.3 Å². The predicted octanol–water partition coefficient (Wildman–Crippen LogP) is 3.08. The van der Waals surface area contributed by atoms with Crippen molar-refractivity contribution in [3.8, 4) is 0 Å². The van der Waals surface area contributed by atoms with Crippen molar-refractivity contribution in [1.82, 2.24) is 0 Å². The molecule has 0 spiro atoms. The van der Waals surface area contributed by atoms with Crippen LogP contribution >= 0.6 is 11.3 Å². The van der Waals surface area contributed by atoms with E-state index >= 15 is 0 Å². The molecule has 0 aliphatic heterocycles. The van der Waals surface area contributed by atoms with Gasteiger partial charge in [-0.3, -0.25) is 0 Å². The van der Waals surface area contributed by atoms with Gasteiger partial charge in [0.2, 0.25) is 0 Å². The van der Waals surface area contributed by atoms with E-state index in [1.807, 2.05) is 17.5 Å². The third-order valence-corrected chi connectivity index (χ3v) is 4.51. The number of nitrogens with two attached hydrogens (primary N) is 1. The number of thiophene rings is 1. The van der Waals surface area contributed by atoms with Crippen LogP contribution in [0.15, 0.2) is 17.5 Å². The molecule has 1 aromatic rings. The first kappa shape index (κ1) is 12.1. The molecule has 0 amide bonds. The quantitative estimate of drug-likeness (QED) is 0.848. The van der Waals surface area contributed by atoms with Crippen LogP contribution in [0, 0.1) is 5.92 Å². The van der Waals surface area contributed by atoms with Crippen LogP contribution in [-0.2, 0) is 0 Å². The van der Waals surface area contributed by atoms with Crippen LogP contribution in [0.1, 0.15) is 49.5 Å². The van der Waals surface area contributed by atoms with Gasteiger partial charge in [0.1, 0.15) is 6.10 Å². The van der Waals surface area contributed by atoms with Crippen molar-refractivity contribution in [2.24, 2.45) is 11.7 Å². The summed E-state index contributed by atoms with van der Waals surface area (Å²) in [5.74, 6) is 0.735. The van der Waals surface area contributed by atoms with Crippen molar-refractivity contribution in [3.05, 3.63) is 22.4 Å². The monoisotopic (exact) mass is 239 g/mol. The third kappa shape index (κ3) is 3.06. The molecule has 3 N–H and O–H groups in total. The molecule has 0 bridgehead atoms. The summed E-state index contributed by atoms with van der Waals surface area (Å²) in [7, 11) is 0. The van der Waals surface area contributed by atoms with Crippen LogP contribution in [-0.4, -0.2) is 11.1 Å². The van der Waals surface area contributed by atoms with Crippen LogP contribution in [0.2, 0.25) is 0 Å². The molecule has 2 nitrogen and oxygen atoms in total. The summed E-state index contributed by atoms with van der Waals surface area (Å²) in [6.07, 6.45) is 7.15. The first-order valence-corrected chi connectivity index (χ1v) is 7.12. The lowest BCUT2D eigenvalue weighted by Crippen LogP contribution is -2.31. The molecule has 1 aliphatic rings. The van der Waals surface area contributed by atoms with Crippen LogP contribution in [0.4, 0.5) is 0 Å². The van der Waals surface area contributed by atoms with Gasteiger partial charge < -0.3 is 10.8 Å². The molecule has 1 heterocycles. The zero-order chi connectivity index (χ0) is 11.4. The summed E-state index contributed by atoms with van der Waals surface area (Å²) in [6.45, 7) is 0. The van der Waals surface area contributed by atoms with Gasteiger partial charge in [0.15, 0.2) is 0 Å². The minimum atomic E-state index is -0.470. The molecule has 2 atom stereocenters. The molecule has 1 aromatic heterocycles. The van der Waals surface area contributed by atoms with Gasteiger partial charge in [0.25, 0.3) is 0 Å². The van der Waals surface area contributed by atoms with Gasteiger partial charge in [0.05, 0.1) is 0 Å². The standard InChI is InChI=1S/C13H21NOS/c14-11(9-10-5-2-1-3-6-10)13(15)12-7-4-8-16-12/h4,7-8,10-11,13,15H,1-3,5-6,9,14H2. The predicted molar refractivity (Wildman–Crippen MR) is 68.4 cm³/mol. The Bertz CT molecular complexity index is 293. The Hall–Kier alpha value is -0.380. The highest BCUT2D eigenvalue weighted by atomic mass is 32.1. The van der Waals surface area contributed by atoms with Crippen LogP contribution in [0.3, 0.4) is 0 Å². The zero-order valence-corrected chi connectivity index (χ0v) is 10.5. The van der Waals surface area contributed by atoms with Crippen LogP contribution in [0.5, 0.6) is 0 Å². The van der Waals surface area contributed by atoms with Gasteiger partial charge >= 0.3 is 0 Å². The number of aliphatic hydroxyl groups is 1. The summed E-state index contributed by atoms with van der Waals surface area (Å²) in [4.78, 5) is 1.00. The lowest BCUT2D eigenvalue weighted by Gasteiger charge is -2.26. The van der Waals surface area contributed by atoms with Gasteiger partial charge in [-0.1, -0.05) is 38.2 Å². The molecular formula is C13H21NOS. The molecular weight excluding hydrogens is 218 g/mol. The normalized spacial score (nSPS) is 21.9. The Morgan fingerprint density at radius 1 is 1.38 bits per heavy atom. The molecule has 2 rings (SSSR count). The van der Waals surface area contributed by atoms with Crippen LogP contribution < -0.4 is 5.73 Å². The summed E-state index contributed by atoms with van der Waals surface area (Å²) in [5, 5.41) is 12.1. The maximum atomic E-state index is 10.1. The summed E-state index contributed by atoms with van der Waals surface area (Å²) < 4.78 is 0. The van der Waals surface area contributed by atoms with Crippen molar-refractivity contribution >= 4 is 11.3 Å². The number of hydrogen-bond donors (Lipinski definition) is 2. The Labute approximate surface area is 101 Å². The van der Waals surface area contributed by atoms with Gasteiger partial charge in [0, 0.05) is 10.9 Å². The van der Waals surface area contributed by atoms with Gasteiger partial charge in [-0.25, -0.2) is 0 Å². The van der Waals surface area contributed by atoms with Crippen molar-refractivity contribution in [2.75, 3.05) is 0 Å². The fraction of sp³-hybridized carbons (Fsp3) is 0.692. The minimum absolute atomic E-state index is 0.0956. The number of rotatable bonds is 4. The molecule has 0 aromatic carbocycles. The Morgan fingerprint density at radius 3 is 2.75 bits per heavy atom. The summed E-state index contributed by atoms with van der Waals surface area (Å²) in [6, 6.07) is 3.84. The summed E-state index contributed by atoms with van der Waals surface area (Å²) >= 11 is 1.59. The van der Waals surface area contributed by atoms with E-state index in [9.17, 15) is 5.11 Å². The second-order valence-electron chi connectivity index (χ2n) is 4.86. The molecule has 0 saturated heterocycles. The molecule has 1 aliphatic carbocycles. The van der Waals surface area contributed by atoms with Crippen molar-refractivity contribution in [2.45, 2.75) is 50.7 Å². The Balaban J connectivity index is 1.84. The first-order chi connectivity index (χ1) is 7.77. The molecule has 0 radical (unpaired) electrons. The van der Waals surface area contributed by atoms with Gasteiger partial charge in [-0.15, -0.1) is 11.3 Å². The average molecular weight is 239 g/mol. The molecule has 90 valence electrons. The lowest BCUT2D eigenvalue weighted by atomic mass is 9.84. The lowest BCUT2D eigenvalue weighted by molar-refractivity contribution is 0.131. The van der Waals surface area contributed by atoms with Crippen molar-refractivity contribution in [1.29, 1.82) is 0 Å². The molecule has 16 heavy (non-hydrogen) atoms. The van der Waals surface area contributed by atoms with E-state index in [0.29, 0.717) is 0 Å². The average Bonchev–Trinajstić information content (AvgIpc) is 2.83. The number of hydrogen-bond acceptors (Lipinski definition) is 3. The zero-order valence-electron chi connectivity index (χ0n) is 9.64. The Morgan fingerprint density at radius 2 is 2.12 bits per heavy atom. The summed E-state index contributed by atoms with van der Waals surface area (Å²) in [5.41, 5.74) is 6.10. The topological polar surface area (TPSA) is 46.2 Å². The van der Waals surface area contributed by atoms with Gasteiger partial charge in [-0.05, 0) is 23.8 Å². The largest absolute Gasteiger partial charge is 0.386 e. The van der Waals surface area contributed by atoms with Crippen molar-refractivity contribution < 1.29 is 5.11 Å². The second kappa shape index (κ2) is 5.80. The first-order valence-electron chi connectivity index (χ1n) is 6.24. The molecule has 3 heteroatoms. The van der Waals surface area contributed by atoms with E-state index in [0.717, 1.165) is 17.2 Å². The van der Waals surface area contributed by atoms with E-state index in [-0.39, 0.29) is 6.04 Å². The minimum Gasteiger partial charge on any atom is -0.386 e. The maximum absolute atomic E-state index is 10.1. The van der Waals surface area contributed by atoms with E-state index in [1.165, 1.54) is 32.1 Å². The highest BCUT2D eigenvalue weighted by Gasteiger charge is 2.23. The third-order valence-electron chi connectivity index (χ3n) is 3.57. The highest BCUT2D eigenvalue weighted by molar-refractivity contribution is 7.10. The molecule has 1 fully saturated rings. The highest BCUT2D eigenvalue weighted by Crippen LogP contribution is 2.30. The van der Waals surface area contributed by atoms with Crippen molar-refractivity contribution in [3.63, 3.8) is 0 Å². The smallest absolute Gasteiger partial charge is 0.103 e. The maximum Gasteiger partial charge on any atom is 0.103 e. The second-order valence-corrected chi connectivity index (χ2v) is 5.84. The van der Waals surface area contributed by atoms with E-state index in [4.69, 9.17) is 5.73 Å². The molecule has 2 unspecified atom stereocenters. The molecule has 1 saturated carbocycles. The van der Waals surface area contributed by atoms with Gasteiger partial charge in [-0.2, -0.15) is 0 Å². The number of aliphatic hydroxyl groups excluding tert-OH is 1. The van der Waals surface area contributed by atoms with E-state index in [2.05, 4.69) is 0 Å². The fourth-order valence-electron chi connectivity index (χ4n) is 2.61. The van der Waals surface area contributed by atoms with Crippen LogP contribution in [0.25, 0.3) is 0 Å². The SMILES string of the molecule is NC(CC1CCCCC1)C(O)c1cccs1. The fourth-order valence-corrected chi connectivity index (χ4v) is 3.39. The van der Waals surface area contributed by atoms with E-state index < -0.39 is 6.10 Å². The Kier molecular flexibility index (Phi) is 4.38.